The minimum atomic E-state index is -4.92. The summed E-state index contributed by atoms with van der Waals surface area (Å²) in [7, 11) is 0. The Morgan fingerprint density at radius 3 is 2.40 bits per heavy atom. The number of aryl methyl sites for hydroxylation is 2. The van der Waals surface area contributed by atoms with Gasteiger partial charge in [0, 0.05) is 12.0 Å². The lowest BCUT2D eigenvalue weighted by molar-refractivity contribution is -0.148. The van der Waals surface area contributed by atoms with Gasteiger partial charge < -0.3 is 0 Å². The second-order valence-corrected chi connectivity index (χ2v) is 6.92. The van der Waals surface area contributed by atoms with Crippen LogP contribution in [0.5, 0.6) is 0 Å². The maximum absolute atomic E-state index is 13.9. The number of carbonyl (C=O) groups excluding carboxylic acids is 1. The molecule has 3 heterocycles. The lowest BCUT2D eigenvalue weighted by atomic mass is 9.98. The van der Waals surface area contributed by atoms with Crippen LogP contribution < -0.4 is 4.90 Å². The summed E-state index contributed by atoms with van der Waals surface area (Å²) in [4.78, 5) is 15.8. The summed E-state index contributed by atoms with van der Waals surface area (Å²) >= 11 is 0. The second-order valence-electron chi connectivity index (χ2n) is 6.92. The van der Waals surface area contributed by atoms with Crippen molar-refractivity contribution in [2.24, 2.45) is 0 Å². The number of aromatic nitrogens is 3. The number of fused-ring (bicyclic) bond motifs is 2. The maximum Gasteiger partial charge on any atom is 0.491 e. The Hall–Kier alpha value is -3.11. The van der Waals surface area contributed by atoms with Gasteiger partial charge in [-0.1, -0.05) is 13.0 Å². The summed E-state index contributed by atoms with van der Waals surface area (Å²) in [5, 5.41) is 4.13. The highest BCUT2D eigenvalue weighted by Gasteiger charge is 2.46. The summed E-state index contributed by atoms with van der Waals surface area (Å²) in [6.07, 6.45) is -9.82. The van der Waals surface area contributed by atoms with E-state index in [1.807, 2.05) is 0 Å². The quantitative estimate of drug-likeness (QED) is 0.440. The van der Waals surface area contributed by atoms with Gasteiger partial charge >= 0.3 is 12.5 Å². The number of carbonyl (C=O) groups is 1. The minimum Gasteiger partial charge on any atom is -0.274 e. The molecular weight excluding hydrogens is 414 g/mol. The first-order chi connectivity index (χ1) is 13.9. The molecule has 1 aliphatic rings. The second kappa shape index (κ2) is 6.44. The number of hydrogen-bond acceptors (Lipinski definition) is 3. The highest BCUT2D eigenvalue weighted by Crippen LogP contribution is 2.43. The van der Waals surface area contributed by atoms with Gasteiger partial charge in [-0.15, -0.1) is 13.2 Å². The average Bonchev–Trinajstić information content (AvgIpc) is 3.17. The minimum absolute atomic E-state index is 0.000785. The lowest BCUT2D eigenvalue weighted by Crippen LogP contribution is -2.40. The van der Waals surface area contributed by atoms with E-state index in [9.17, 15) is 31.1 Å². The molecule has 0 spiro atoms. The molecule has 1 aliphatic heterocycles. The van der Waals surface area contributed by atoms with Crippen molar-refractivity contribution < 1.29 is 31.1 Å². The van der Waals surface area contributed by atoms with Crippen molar-refractivity contribution in [2.75, 3.05) is 4.90 Å². The molecule has 0 fully saturated rings. The Kier molecular flexibility index (Phi) is 4.33. The van der Waals surface area contributed by atoms with E-state index in [1.165, 1.54) is 19.1 Å². The van der Waals surface area contributed by atoms with Gasteiger partial charge in [0.25, 0.3) is 0 Å². The third-order valence-corrected chi connectivity index (χ3v) is 4.90. The average molecular weight is 428 g/mol. The summed E-state index contributed by atoms with van der Waals surface area (Å²) in [6, 6.07) is 4.58. The molecule has 0 atom stereocenters. The van der Waals surface area contributed by atoms with Crippen LogP contribution in [-0.2, 0) is 23.8 Å². The molecule has 2 aromatic heterocycles. The molecule has 3 aromatic rings. The monoisotopic (exact) mass is 428 g/mol. The summed E-state index contributed by atoms with van der Waals surface area (Å²) in [5.74, 6) is -0.858. The number of halogens is 6. The van der Waals surface area contributed by atoms with Crippen molar-refractivity contribution in [2.45, 2.75) is 39.2 Å². The predicted molar refractivity (Wildman–Crippen MR) is 94.8 cm³/mol. The van der Waals surface area contributed by atoms with Gasteiger partial charge in [-0.2, -0.15) is 18.3 Å². The van der Waals surface area contributed by atoms with E-state index < -0.39 is 30.4 Å². The largest absolute Gasteiger partial charge is 0.491 e. The first kappa shape index (κ1) is 20.2. The molecule has 1 aromatic carbocycles. The van der Waals surface area contributed by atoms with E-state index in [0.29, 0.717) is 12.2 Å². The first-order valence-corrected chi connectivity index (χ1v) is 8.91. The van der Waals surface area contributed by atoms with Gasteiger partial charge in [0.2, 0.25) is 5.91 Å². The zero-order valence-electron chi connectivity index (χ0n) is 15.7. The van der Waals surface area contributed by atoms with Crippen molar-refractivity contribution in [3.05, 3.63) is 46.8 Å². The fourth-order valence-electron chi connectivity index (χ4n) is 3.71. The number of pyridine rings is 1. The third kappa shape index (κ3) is 3.08. The van der Waals surface area contributed by atoms with Crippen molar-refractivity contribution in [3.8, 4) is 11.3 Å². The zero-order valence-corrected chi connectivity index (χ0v) is 15.7. The standard InChI is InChI=1S/C19H14F6N4O/c1-3-13-26-14-6-9(2)16(18(20,21)22)17(29(14)27-13)10-4-5-12-11(7-10)8-15(30)28(12)19(23,24)25/h4-7H,3,8H2,1-2H3. The van der Waals surface area contributed by atoms with E-state index in [4.69, 9.17) is 0 Å². The zero-order chi connectivity index (χ0) is 22.0. The highest BCUT2D eigenvalue weighted by atomic mass is 19.4. The molecule has 30 heavy (non-hydrogen) atoms. The molecule has 11 heteroatoms. The van der Waals surface area contributed by atoms with Crippen LogP contribution in [0.25, 0.3) is 16.9 Å². The van der Waals surface area contributed by atoms with Crippen molar-refractivity contribution in [1.29, 1.82) is 0 Å². The van der Waals surface area contributed by atoms with Crippen LogP contribution in [0.3, 0.4) is 0 Å². The number of amides is 1. The Balaban J connectivity index is 1.99. The van der Waals surface area contributed by atoms with E-state index >= 15 is 0 Å². The summed E-state index contributed by atoms with van der Waals surface area (Å²) in [5.41, 5.74) is -1.58. The maximum atomic E-state index is 13.9. The molecule has 0 N–H and O–H groups in total. The SMILES string of the molecule is CCc1nc2cc(C)c(C(F)(F)F)c(-c3ccc4c(c3)CC(=O)N4C(F)(F)F)n2n1. The predicted octanol–water partition coefficient (Wildman–Crippen LogP) is 4.69. The third-order valence-electron chi connectivity index (χ3n) is 4.90. The number of benzene rings is 1. The van der Waals surface area contributed by atoms with Crippen LogP contribution in [-0.4, -0.2) is 26.8 Å². The first-order valence-electron chi connectivity index (χ1n) is 8.91. The Morgan fingerprint density at radius 2 is 1.80 bits per heavy atom. The van der Waals surface area contributed by atoms with E-state index in [2.05, 4.69) is 10.1 Å². The van der Waals surface area contributed by atoms with Crippen molar-refractivity contribution >= 4 is 17.2 Å². The Bertz CT molecular complexity index is 1180. The highest BCUT2D eigenvalue weighted by molar-refractivity contribution is 6.02. The van der Waals surface area contributed by atoms with Crippen LogP contribution in [0.15, 0.2) is 24.3 Å². The number of rotatable bonds is 2. The topological polar surface area (TPSA) is 50.5 Å². The van der Waals surface area contributed by atoms with Gasteiger partial charge in [-0.25, -0.2) is 14.4 Å². The number of alkyl halides is 6. The van der Waals surface area contributed by atoms with Crippen molar-refractivity contribution in [1.82, 2.24) is 14.6 Å². The van der Waals surface area contributed by atoms with Crippen molar-refractivity contribution in [3.63, 3.8) is 0 Å². The van der Waals surface area contributed by atoms with Crippen LogP contribution in [0.2, 0.25) is 0 Å². The molecule has 0 bridgehead atoms. The van der Waals surface area contributed by atoms with Crippen LogP contribution in [0.1, 0.15) is 29.4 Å². The van der Waals surface area contributed by atoms with Crippen LogP contribution in [0, 0.1) is 6.92 Å². The molecule has 1 amide bonds. The Labute approximate surface area is 165 Å². The van der Waals surface area contributed by atoms with Gasteiger partial charge in [-0.05, 0) is 36.2 Å². The van der Waals surface area contributed by atoms with E-state index in [1.54, 1.807) is 6.92 Å². The van der Waals surface area contributed by atoms with E-state index in [0.717, 1.165) is 16.6 Å². The molecule has 0 saturated carbocycles. The van der Waals surface area contributed by atoms with Crippen LogP contribution in [0.4, 0.5) is 32.0 Å². The van der Waals surface area contributed by atoms with Crippen LogP contribution >= 0.6 is 0 Å². The fraction of sp³-hybridized carbons (Fsp3) is 0.316. The van der Waals surface area contributed by atoms with E-state index in [-0.39, 0.29) is 38.6 Å². The molecular formula is C19H14F6N4O. The summed E-state index contributed by atoms with van der Waals surface area (Å²) in [6.45, 7) is 3.04. The molecule has 0 saturated heterocycles. The van der Waals surface area contributed by atoms with Gasteiger partial charge in [0.15, 0.2) is 11.5 Å². The summed E-state index contributed by atoms with van der Waals surface area (Å²) < 4.78 is 82.2. The molecule has 158 valence electrons. The normalized spacial score (nSPS) is 14.7. The molecule has 0 radical (unpaired) electrons. The number of hydrogen-bond donors (Lipinski definition) is 0. The number of anilines is 1. The molecule has 4 rings (SSSR count). The lowest BCUT2D eigenvalue weighted by Gasteiger charge is -2.21. The van der Waals surface area contributed by atoms with Gasteiger partial charge in [-0.3, -0.25) is 4.79 Å². The molecule has 0 unspecified atom stereocenters. The molecule has 5 nitrogen and oxygen atoms in total. The van der Waals surface area contributed by atoms with Gasteiger partial charge in [0.05, 0.1) is 23.4 Å². The fourth-order valence-corrected chi connectivity index (χ4v) is 3.71. The number of nitrogens with zero attached hydrogens (tertiary/aromatic N) is 4. The molecule has 0 aliphatic carbocycles. The van der Waals surface area contributed by atoms with Gasteiger partial charge in [0.1, 0.15) is 0 Å². The Morgan fingerprint density at radius 1 is 1.10 bits per heavy atom. The smallest absolute Gasteiger partial charge is 0.274 e.